The number of nitrogens with zero attached hydrogens (tertiary/aromatic N) is 6. The van der Waals surface area contributed by atoms with Crippen molar-refractivity contribution in [1.29, 1.82) is 0 Å². The molecule has 0 radical (unpaired) electrons. The lowest BCUT2D eigenvalue weighted by Crippen LogP contribution is -2.56. The van der Waals surface area contributed by atoms with Crippen LogP contribution >= 0.6 is 0 Å². The highest BCUT2D eigenvalue weighted by molar-refractivity contribution is 5.95. The van der Waals surface area contributed by atoms with Gasteiger partial charge >= 0.3 is 12.1 Å². The highest BCUT2D eigenvalue weighted by Gasteiger charge is 2.50. The normalized spacial score (nSPS) is 27.0. The summed E-state index contributed by atoms with van der Waals surface area (Å²) in [5.74, 6) is 0.805. The predicted octanol–water partition coefficient (Wildman–Crippen LogP) is 4.60. The first-order chi connectivity index (χ1) is 22.8. The number of anilines is 2. The Bertz CT molecular complexity index is 1680. The molecule has 11 nitrogen and oxygen atoms in total. The van der Waals surface area contributed by atoms with Gasteiger partial charge in [0.1, 0.15) is 30.2 Å². The Morgan fingerprint density at radius 3 is 2.70 bits per heavy atom. The molecule has 0 saturated carbocycles. The molecule has 4 atom stereocenters. The van der Waals surface area contributed by atoms with Crippen LogP contribution in [0.5, 0.6) is 11.8 Å². The number of fused-ring (bicyclic) bond motifs is 5. The van der Waals surface area contributed by atoms with Gasteiger partial charge in [-0.3, -0.25) is 9.80 Å². The zero-order valence-corrected chi connectivity index (χ0v) is 26.5. The van der Waals surface area contributed by atoms with Crippen molar-refractivity contribution in [2.75, 3.05) is 63.0 Å². The third-order valence-corrected chi connectivity index (χ3v) is 10.8. The molecule has 2 unspecified atom stereocenters. The number of methoxy groups -OCH3 is 1. The van der Waals surface area contributed by atoms with Crippen molar-refractivity contribution in [2.45, 2.75) is 68.9 Å². The van der Waals surface area contributed by atoms with Gasteiger partial charge in [0, 0.05) is 62.4 Å². The minimum Gasteiger partial charge on any atom is -0.467 e. The van der Waals surface area contributed by atoms with Gasteiger partial charge in [-0.2, -0.15) is 9.97 Å². The molecule has 250 valence electrons. The van der Waals surface area contributed by atoms with Gasteiger partial charge in [-0.1, -0.05) is 12.1 Å². The van der Waals surface area contributed by atoms with Crippen molar-refractivity contribution < 1.29 is 32.9 Å². The molecule has 13 heteroatoms. The van der Waals surface area contributed by atoms with E-state index >= 15 is 4.39 Å². The van der Waals surface area contributed by atoms with Crippen LogP contribution in [0, 0.1) is 5.82 Å². The SMILES string of the molecule is COCOc1cc(F)c2c(N3CCc4c(nc(OC[C@@]56CCCN5C[C@H](F)C6)nc4N4CC5CCC(C4)N5C(=O)O)C3)cccc2c1. The van der Waals surface area contributed by atoms with E-state index in [9.17, 15) is 14.3 Å². The molecule has 1 N–H and O–H groups in total. The van der Waals surface area contributed by atoms with E-state index in [4.69, 9.17) is 24.2 Å². The van der Waals surface area contributed by atoms with Crippen LogP contribution in [-0.2, 0) is 17.7 Å². The van der Waals surface area contributed by atoms with E-state index in [1.165, 1.54) is 13.2 Å². The quantitative estimate of drug-likeness (QED) is 0.348. The van der Waals surface area contributed by atoms with Crippen LogP contribution in [0.1, 0.15) is 43.4 Å². The minimum absolute atomic E-state index is 0.0281. The van der Waals surface area contributed by atoms with Crippen LogP contribution in [0.2, 0.25) is 0 Å². The Balaban J connectivity index is 1.13. The summed E-state index contributed by atoms with van der Waals surface area (Å²) in [6.07, 6.45) is 2.89. The van der Waals surface area contributed by atoms with Gasteiger partial charge in [-0.25, -0.2) is 13.6 Å². The van der Waals surface area contributed by atoms with Crippen LogP contribution in [0.25, 0.3) is 10.8 Å². The van der Waals surface area contributed by atoms with Gasteiger partial charge in [0.05, 0.1) is 29.9 Å². The third-order valence-electron chi connectivity index (χ3n) is 10.8. The number of carbonyl (C=O) groups is 1. The summed E-state index contributed by atoms with van der Waals surface area (Å²) in [6.45, 7) is 3.81. The molecule has 8 rings (SSSR count). The first kappa shape index (κ1) is 30.4. The first-order valence-corrected chi connectivity index (χ1v) is 16.6. The highest BCUT2D eigenvalue weighted by atomic mass is 19.1. The summed E-state index contributed by atoms with van der Waals surface area (Å²) in [4.78, 5) is 30.1. The Kier molecular flexibility index (Phi) is 7.71. The molecular weight excluding hydrogens is 610 g/mol. The smallest absolute Gasteiger partial charge is 0.407 e. The van der Waals surface area contributed by atoms with Crippen molar-refractivity contribution in [1.82, 2.24) is 19.8 Å². The third kappa shape index (κ3) is 5.37. The standard InChI is InChI=1S/C34H40F2N6O5/c1-45-20-47-25-12-21-4-2-5-29(30(21)27(36)13-25)39-11-8-26-28(18-39)37-32(46-19-34-9-3-10-41(34)15-22(35)14-34)38-31(26)40-16-23-6-7-24(17-40)42(23)33(43)44/h2,4-5,12-13,22-24H,3,6-11,14-20H2,1H3,(H,43,44)/t22-,23?,24?,34+/m1/s1. The molecule has 4 saturated heterocycles. The number of hydrogen-bond acceptors (Lipinski definition) is 9. The number of ether oxygens (including phenoxy) is 3. The van der Waals surface area contributed by atoms with Gasteiger partial charge < -0.3 is 29.1 Å². The minimum atomic E-state index is -0.871. The monoisotopic (exact) mass is 650 g/mol. The molecule has 1 aromatic heterocycles. The number of piperazine rings is 1. The van der Waals surface area contributed by atoms with Crippen molar-refractivity contribution in [3.8, 4) is 11.8 Å². The van der Waals surface area contributed by atoms with Crippen LogP contribution in [-0.4, -0.2) is 108 Å². The zero-order chi connectivity index (χ0) is 32.3. The Labute approximate surface area is 272 Å². The Morgan fingerprint density at radius 2 is 1.91 bits per heavy atom. The molecule has 2 bridgehead atoms. The second kappa shape index (κ2) is 11.9. The van der Waals surface area contributed by atoms with Crippen LogP contribution in [0.4, 0.5) is 25.1 Å². The topological polar surface area (TPSA) is 104 Å². The number of benzene rings is 2. The summed E-state index contributed by atoms with van der Waals surface area (Å²) in [5.41, 5.74) is 2.24. The van der Waals surface area contributed by atoms with E-state index < -0.39 is 12.3 Å². The lowest BCUT2D eigenvalue weighted by molar-refractivity contribution is 0.0510. The fraction of sp³-hybridized carbons (Fsp3) is 0.559. The van der Waals surface area contributed by atoms with Crippen LogP contribution in [0.3, 0.4) is 0 Å². The molecule has 2 aromatic carbocycles. The largest absolute Gasteiger partial charge is 0.467 e. The zero-order valence-electron chi connectivity index (χ0n) is 26.5. The van der Waals surface area contributed by atoms with E-state index in [0.29, 0.717) is 63.3 Å². The average molecular weight is 651 g/mol. The molecule has 5 aliphatic heterocycles. The highest BCUT2D eigenvalue weighted by Crippen LogP contribution is 2.42. The number of rotatable bonds is 8. The molecule has 6 heterocycles. The number of halogens is 2. The molecule has 47 heavy (non-hydrogen) atoms. The molecule has 4 fully saturated rings. The van der Waals surface area contributed by atoms with Crippen molar-refractivity contribution >= 4 is 28.4 Å². The average Bonchev–Trinajstić information content (AvgIpc) is 3.68. The molecule has 3 aromatic rings. The van der Waals surface area contributed by atoms with Crippen molar-refractivity contribution in [2.24, 2.45) is 0 Å². The summed E-state index contributed by atoms with van der Waals surface area (Å²) >= 11 is 0. The molecule has 1 amide bonds. The van der Waals surface area contributed by atoms with Gasteiger partial charge in [0.2, 0.25) is 0 Å². The second-order valence-electron chi connectivity index (χ2n) is 13.6. The van der Waals surface area contributed by atoms with Gasteiger partial charge in [0.25, 0.3) is 0 Å². The fourth-order valence-electron chi connectivity index (χ4n) is 8.76. The van der Waals surface area contributed by atoms with Crippen molar-refractivity contribution in [3.63, 3.8) is 0 Å². The Hall–Kier alpha value is -3.97. The lowest BCUT2D eigenvalue weighted by atomic mass is 9.95. The van der Waals surface area contributed by atoms with E-state index in [1.54, 1.807) is 4.90 Å². The number of aromatic nitrogens is 2. The van der Waals surface area contributed by atoms with E-state index in [-0.39, 0.29) is 36.2 Å². The maximum Gasteiger partial charge on any atom is 0.407 e. The number of alkyl halides is 1. The molecule has 5 aliphatic rings. The molecule has 0 spiro atoms. The molecule has 0 aliphatic carbocycles. The summed E-state index contributed by atoms with van der Waals surface area (Å²) in [6, 6.07) is 8.97. The van der Waals surface area contributed by atoms with Crippen LogP contribution < -0.4 is 19.3 Å². The second-order valence-corrected chi connectivity index (χ2v) is 13.6. The van der Waals surface area contributed by atoms with Gasteiger partial charge in [0.15, 0.2) is 6.79 Å². The lowest BCUT2D eigenvalue weighted by Gasteiger charge is -2.41. The van der Waals surface area contributed by atoms with Crippen LogP contribution in [0.15, 0.2) is 30.3 Å². The fourth-order valence-corrected chi connectivity index (χ4v) is 8.76. The molecular formula is C34H40F2N6O5. The number of carboxylic acid groups (broad SMARTS) is 1. The number of hydrogen-bond donors (Lipinski definition) is 1. The van der Waals surface area contributed by atoms with E-state index in [2.05, 4.69) is 14.7 Å². The Morgan fingerprint density at radius 1 is 1.09 bits per heavy atom. The predicted molar refractivity (Wildman–Crippen MR) is 171 cm³/mol. The number of amides is 1. The van der Waals surface area contributed by atoms with Gasteiger partial charge in [-0.05, 0) is 56.2 Å². The maximum atomic E-state index is 15.6. The van der Waals surface area contributed by atoms with Gasteiger partial charge in [-0.15, -0.1) is 0 Å². The maximum absolute atomic E-state index is 15.6. The van der Waals surface area contributed by atoms with E-state index in [1.807, 2.05) is 24.3 Å². The van der Waals surface area contributed by atoms with Crippen molar-refractivity contribution in [3.05, 3.63) is 47.4 Å². The first-order valence-electron chi connectivity index (χ1n) is 16.6. The summed E-state index contributed by atoms with van der Waals surface area (Å²) < 4.78 is 47.0. The summed E-state index contributed by atoms with van der Waals surface area (Å²) in [7, 11) is 1.52. The summed E-state index contributed by atoms with van der Waals surface area (Å²) in [5, 5.41) is 11.1. The van der Waals surface area contributed by atoms with E-state index in [0.717, 1.165) is 60.4 Å².